The van der Waals surface area contributed by atoms with Crippen LogP contribution in [0.25, 0.3) is 11.5 Å². The smallest absolute Gasteiger partial charge is 0.264 e. The molecule has 2 aromatic rings. The molecule has 100 valence electrons. The van der Waals surface area contributed by atoms with E-state index >= 15 is 0 Å². The minimum Gasteiger partial charge on any atom is -0.496 e. The normalized spacial score (nSPS) is 16.4. The summed E-state index contributed by atoms with van der Waals surface area (Å²) in [5.41, 5.74) is 6.16. The number of hydrogen-bond donors (Lipinski definition) is 1. The fourth-order valence-corrected chi connectivity index (χ4v) is 2.02. The standard InChI is InChI=1S/C13H14FN3O2/c1-18-9-4-2-3-8(14)10(9)13-16-12(17-19-13)11(15)7-5-6-7/h2-4,7,11H,5-6,15H2,1H3. The van der Waals surface area contributed by atoms with Crippen molar-refractivity contribution in [2.75, 3.05) is 7.11 Å². The van der Waals surface area contributed by atoms with Crippen molar-refractivity contribution in [1.29, 1.82) is 0 Å². The summed E-state index contributed by atoms with van der Waals surface area (Å²) in [5.74, 6) is 0.821. The zero-order valence-corrected chi connectivity index (χ0v) is 10.5. The van der Waals surface area contributed by atoms with E-state index in [-0.39, 0.29) is 17.5 Å². The van der Waals surface area contributed by atoms with Gasteiger partial charge >= 0.3 is 0 Å². The molecule has 3 rings (SSSR count). The van der Waals surface area contributed by atoms with Gasteiger partial charge < -0.3 is 15.0 Å². The van der Waals surface area contributed by atoms with E-state index in [4.69, 9.17) is 15.0 Å². The second kappa shape index (κ2) is 4.62. The molecule has 5 nitrogen and oxygen atoms in total. The first-order chi connectivity index (χ1) is 9.20. The average Bonchev–Trinajstić information content (AvgIpc) is 3.16. The zero-order valence-electron chi connectivity index (χ0n) is 10.5. The molecule has 1 aliphatic rings. The van der Waals surface area contributed by atoms with Gasteiger partial charge in [-0.2, -0.15) is 4.98 Å². The van der Waals surface area contributed by atoms with Crippen LogP contribution in [0.1, 0.15) is 24.7 Å². The van der Waals surface area contributed by atoms with Gasteiger partial charge in [0.25, 0.3) is 5.89 Å². The molecule has 1 fully saturated rings. The van der Waals surface area contributed by atoms with Gasteiger partial charge in [0.2, 0.25) is 0 Å². The molecule has 0 saturated heterocycles. The van der Waals surface area contributed by atoms with Crippen molar-refractivity contribution in [1.82, 2.24) is 10.1 Å². The Hall–Kier alpha value is -1.95. The van der Waals surface area contributed by atoms with E-state index in [0.717, 1.165) is 12.8 Å². The summed E-state index contributed by atoms with van der Waals surface area (Å²) < 4.78 is 24.1. The average molecular weight is 263 g/mol. The third-order valence-electron chi connectivity index (χ3n) is 3.28. The van der Waals surface area contributed by atoms with Gasteiger partial charge in [-0.15, -0.1) is 0 Å². The molecule has 0 bridgehead atoms. The van der Waals surface area contributed by atoms with Crippen molar-refractivity contribution in [2.24, 2.45) is 11.7 Å². The van der Waals surface area contributed by atoms with Crippen LogP contribution in [-0.2, 0) is 0 Å². The molecule has 1 aromatic heterocycles. The molecule has 1 atom stereocenters. The van der Waals surface area contributed by atoms with Crippen LogP contribution >= 0.6 is 0 Å². The van der Waals surface area contributed by atoms with Crippen molar-refractivity contribution in [3.63, 3.8) is 0 Å². The fourth-order valence-electron chi connectivity index (χ4n) is 2.02. The Morgan fingerprint density at radius 2 is 2.26 bits per heavy atom. The monoisotopic (exact) mass is 263 g/mol. The van der Waals surface area contributed by atoms with Gasteiger partial charge in [0.15, 0.2) is 5.82 Å². The van der Waals surface area contributed by atoms with E-state index in [0.29, 0.717) is 17.5 Å². The molecule has 0 radical (unpaired) electrons. The number of methoxy groups -OCH3 is 1. The second-order valence-electron chi connectivity index (χ2n) is 4.64. The minimum absolute atomic E-state index is 0.0982. The number of ether oxygens (including phenoxy) is 1. The van der Waals surface area contributed by atoms with E-state index < -0.39 is 5.82 Å². The summed E-state index contributed by atoms with van der Waals surface area (Å²) in [5, 5.41) is 3.84. The number of nitrogens with two attached hydrogens (primary N) is 1. The molecule has 2 N–H and O–H groups in total. The lowest BCUT2D eigenvalue weighted by molar-refractivity contribution is 0.394. The minimum atomic E-state index is -0.463. The van der Waals surface area contributed by atoms with Gasteiger partial charge in [-0.25, -0.2) is 4.39 Å². The first kappa shape index (κ1) is 12.1. The topological polar surface area (TPSA) is 74.2 Å². The predicted octanol–water partition coefficient (Wildman–Crippen LogP) is 2.29. The van der Waals surface area contributed by atoms with Crippen LogP contribution in [0.2, 0.25) is 0 Å². The predicted molar refractivity (Wildman–Crippen MR) is 65.9 cm³/mol. The number of aromatic nitrogens is 2. The van der Waals surface area contributed by atoms with Gasteiger partial charge in [0.05, 0.1) is 13.2 Å². The molecule has 0 spiro atoms. The number of rotatable bonds is 4. The number of nitrogens with zero attached hydrogens (tertiary/aromatic N) is 2. The SMILES string of the molecule is COc1cccc(F)c1-c1nc(C(N)C2CC2)no1. The van der Waals surface area contributed by atoms with Crippen LogP contribution in [0.4, 0.5) is 4.39 Å². The Kier molecular flexibility index (Phi) is 2.94. The van der Waals surface area contributed by atoms with E-state index in [1.807, 2.05) is 0 Å². The van der Waals surface area contributed by atoms with Crippen LogP contribution in [0.5, 0.6) is 5.75 Å². The van der Waals surface area contributed by atoms with E-state index in [1.54, 1.807) is 12.1 Å². The van der Waals surface area contributed by atoms with Crippen molar-refractivity contribution in [2.45, 2.75) is 18.9 Å². The van der Waals surface area contributed by atoms with Crippen molar-refractivity contribution in [3.05, 3.63) is 29.8 Å². The maximum Gasteiger partial charge on any atom is 0.264 e. The van der Waals surface area contributed by atoms with E-state index in [9.17, 15) is 4.39 Å². The Morgan fingerprint density at radius 3 is 2.95 bits per heavy atom. The highest BCUT2D eigenvalue weighted by atomic mass is 19.1. The molecule has 1 aliphatic carbocycles. The highest BCUT2D eigenvalue weighted by Crippen LogP contribution is 2.39. The molecule has 0 amide bonds. The maximum atomic E-state index is 13.9. The highest BCUT2D eigenvalue weighted by molar-refractivity contribution is 5.63. The van der Waals surface area contributed by atoms with Gasteiger partial charge in [-0.1, -0.05) is 11.2 Å². The molecule has 1 aromatic carbocycles. The highest BCUT2D eigenvalue weighted by Gasteiger charge is 2.33. The second-order valence-corrected chi connectivity index (χ2v) is 4.64. The largest absolute Gasteiger partial charge is 0.496 e. The first-order valence-corrected chi connectivity index (χ1v) is 6.12. The fraction of sp³-hybridized carbons (Fsp3) is 0.385. The van der Waals surface area contributed by atoms with Crippen LogP contribution in [0.3, 0.4) is 0 Å². The van der Waals surface area contributed by atoms with Crippen LogP contribution in [0, 0.1) is 11.7 Å². The molecule has 1 unspecified atom stereocenters. The summed E-state index contributed by atoms with van der Waals surface area (Å²) in [6, 6.07) is 4.28. The summed E-state index contributed by atoms with van der Waals surface area (Å²) >= 11 is 0. The van der Waals surface area contributed by atoms with Gasteiger partial charge in [0, 0.05) is 0 Å². The Bertz CT molecular complexity index is 595. The summed E-state index contributed by atoms with van der Waals surface area (Å²) in [6.45, 7) is 0. The Labute approximate surface area is 109 Å². The molecule has 19 heavy (non-hydrogen) atoms. The Morgan fingerprint density at radius 1 is 1.47 bits per heavy atom. The van der Waals surface area contributed by atoms with E-state index in [1.165, 1.54) is 13.2 Å². The third-order valence-corrected chi connectivity index (χ3v) is 3.28. The summed E-state index contributed by atoms with van der Waals surface area (Å²) in [7, 11) is 1.46. The van der Waals surface area contributed by atoms with Gasteiger partial charge in [-0.3, -0.25) is 0 Å². The Balaban J connectivity index is 1.98. The molecule has 1 saturated carbocycles. The third kappa shape index (κ3) is 2.19. The van der Waals surface area contributed by atoms with Crippen LogP contribution < -0.4 is 10.5 Å². The lowest BCUT2D eigenvalue weighted by Gasteiger charge is -2.05. The van der Waals surface area contributed by atoms with Gasteiger partial charge in [0.1, 0.15) is 17.1 Å². The number of halogens is 1. The van der Waals surface area contributed by atoms with Crippen molar-refractivity contribution >= 4 is 0 Å². The lowest BCUT2D eigenvalue weighted by atomic mass is 10.1. The summed E-state index contributed by atoms with van der Waals surface area (Å²) in [6.07, 6.45) is 2.15. The first-order valence-electron chi connectivity index (χ1n) is 6.12. The number of benzene rings is 1. The maximum absolute atomic E-state index is 13.9. The summed E-state index contributed by atoms with van der Waals surface area (Å²) in [4.78, 5) is 4.19. The van der Waals surface area contributed by atoms with Crippen LogP contribution in [0.15, 0.2) is 22.7 Å². The molecule has 1 heterocycles. The van der Waals surface area contributed by atoms with Crippen molar-refractivity contribution in [3.8, 4) is 17.2 Å². The molecular weight excluding hydrogens is 249 g/mol. The molecular formula is C13H14FN3O2. The molecule has 0 aliphatic heterocycles. The van der Waals surface area contributed by atoms with Gasteiger partial charge in [-0.05, 0) is 30.9 Å². The van der Waals surface area contributed by atoms with E-state index in [2.05, 4.69) is 10.1 Å². The van der Waals surface area contributed by atoms with Crippen LogP contribution in [-0.4, -0.2) is 17.3 Å². The molecule has 6 heteroatoms. The van der Waals surface area contributed by atoms with Crippen molar-refractivity contribution < 1.29 is 13.7 Å². The quantitative estimate of drug-likeness (QED) is 0.916. The lowest BCUT2D eigenvalue weighted by Crippen LogP contribution is -2.13. The number of hydrogen-bond acceptors (Lipinski definition) is 5. The zero-order chi connectivity index (χ0) is 13.4.